The minimum absolute atomic E-state index is 0.116. The lowest BCUT2D eigenvalue weighted by atomic mass is 10.1. The third-order valence-corrected chi connectivity index (χ3v) is 3.40. The number of aromatic nitrogens is 4. The minimum Gasteiger partial charge on any atom is -0.484 e. The maximum Gasteiger partial charge on any atom is 0.262 e. The van der Waals surface area contributed by atoms with Crippen LogP contribution in [0.5, 0.6) is 5.75 Å². The Morgan fingerprint density at radius 3 is 2.56 bits per heavy atom. The summed E-state index contributed by atoms with van der Waals surface area (Å²) in [7, 11) is 0. The lowest BCUT2D eigenvalue weighted by Crippen LogP contribution is -2.21. The molecule has 2 aromatic carbocycles. The topological polar surface area (TPSA) is 99.0 Å². The summed E-state index contributed by atoms with van der Waals surface area (Å²) in [6.45, 7) is 1.28. The summed E-state index contributed by atoms with van der Waals surface area (Å²) < 4.78 is 6.96. The van der Waals surface area contributed by atoms with Gasteiger partial charge >= 0.3 is 0 Å². The molecule has 0 fully saturated rings. The Kier molecular flexibility index (Phi) is 4.79. The molecule has 3 aromatic rings. The van der Waals surface area contributed by atoms with E-state index >= 15 is 0 Å². The van der Waals surface area contributed by atoms with Gasteiger partial charge in [0.25, 0.3) is 5.91 Å². The van der Waals surface area contributed by atoms with Crippen molar-refractivity contribution in [3.05, 3.63) is 60.4 Å². The van der Waals surface area contributed by atoms with E-state index in [2.05, 4.69) is 20.8 Å². The molecule has 0 saturated heterocycles. The first-order valence-electron chi connectivity index (χ1n) is 7.49. The fraction of sp³-hybridized carbons (Fsp3) is 0.118. The van der Waals surface area contributed by atoms with Gasteiger partial charge in [-0.25, -0.2) is 4.68 Å². The average molecular weight is 337 g/mol. The van der Waals surface area contributed by atoms with Crippen LogP contribution < -0.4 is 10.1 Å². The molecule has 0 bridgehead atoms. The van der Waals surface area contributed by atoms with Crippen molar-refractivity contribution >= 4 is 17.4 Å². The van der Waals surface area contributed by atoms with Crippen molar-refractivity contribution in [2.24, 2.45) is 0 Å². The van der Waals surface area contributed by atoms with E-state index < -0.39 is 0 Å². The number of hydrogen-bond acceptors (Lipinski definition) is 6. The number of carbonyl (C=O) groups excluding carboxylic acids is 2. The molecule has 0 saturated carbocycles. The smallest absolute Gasteiger partial charge is 0.262 e. The van der Waals surface area contributed by atoms with Gasteiger partial charge in [0.05, 0.1) is 11.4 Å². The van der Waals surface area contributed by atoms with Gasteiger partial charge in [0.15, 0.2) is 12.4 Å². The van der Waals surface area contributed by atoms with Gasteiger partial charge in [-0.3, -0.25) is 9.59 Å². The van der Waals surface area contributed by atoms with Crippen molar-refractivity contribution in [1.82, 2.24) is 20.2 Å². The molecule has 1 N–H and O–H groups in total. The molecule has 0 aliphatic heterocycles. The lowest BCUT2D eigenvalue weighted by molar-refractivity contribution is -0.118. The molecule has 25 heavy (non-hydrogen) atoms. The predicted octanol–water partition coefficient (Wildman–Crippen LogP) is 1.88. The number of hydrogen-bond donors (Lipinski definition) is 1. The molecule has 0 unspecified atom stereocenters. The van der Waals surface area contributed by atoms with Crippen LogP contribution in [-0.4, -0.2) is 38.5 Å². The van der Waals surface area contributed by atoms with E-state index in [-0.39, 0.29) is 18.3 Å². The Morgan fingerprint density at radius 1 is 1.12 bits per heavy atom. The molecule has 126 valence electrons. The molecule has 8 nitrogen and oxygen atoms in total. The average Bonchev–Trinajstić information content (AvgIpc) is 3.15. The summed E-state index contributed by atoms with van der Waals surface area (Å²) in [5.41, 5.74) is 1.71. The number of ether oxygens (including phenoxy) is 1. The Hall–Kier alpha value is -3.55. The fourth-order valence-electron chi connectivity index (χ4n) is 2.21. The molecular weight excluding hydrogens is 322 g/mol. The maximum atomic E-state index is 12.0. The van der Waals surface area contributed by atoms with E-state index in [1.54, 1.807) is 48.5 Å². The van der Waals surface area contributed by atoms with Crippen molar-refractivity contribution in [3.63, 3.8) is 0 Å². The van der Waals surface area contributed by atoms with E-state index in [0.29, 0.717) is 17.0 Å². The molecule has 1 heterocycles. The lowest BCUT2D eigenvalue weighted by Gasteiger charge is -2.10. The summed E-state index contributed by atoms with van der Waals surface area (Å²) in [6.07, 6.45) is 1.48. The zero-order chi connectivity index (χ0) is 17.6. The Bertz CT molecular complexity index is 876. The van der Waals surface area contributed by atoms with Gasteiger partial charge in [-0.15, -0.1) is 5.10 Å². The van der Waals surface area contributed by atoms with E-state index in [1.165, 1.54) is 17.9 Å². The second kappa shape index (κ2) is 7.35. The standard InChI is InChI=1S/C17H15N5O3/c1-12(23)15-4-2-3-5-16(15)19-17(24)10-25-14-8-6-13(7-9-14)22-11-18-20-21-22/h2-9,11H,10H2,1H3,(H,19,24). The van der Waals surface area contributed by atoms with Crippen LogP contribution in [0.15, 0.2) is 54.9 Å². The van der Waals surface area contributed by atoms with Crippen molar-refractivity contribution in [2.75, 3.05) is 11.9 Å². The highest BCUT2D eigenvalue weighted by Crippen LogP contribution is 2.16. The van der Waals surface area contributed by atoms with Crippen LogP contribution in [0.4, 0.5) is 5.69 Å². The summed E-state index contributed by atoms with van der Waals surface area (Å²) in [5.74, 6) is 0.0695. The molecule has 0 atom stereocenters. The van der Waals surface area contributed by atoms with Crippen molar-refractivity contribution in [1.29, 1.82) is 0 Å². The molecule has 0 aliphatic rings. The van der Waals surface area contributed by atoms with E-state index in [4.69, 9.17) is 4.74 Å². The zero-order valence-corrected chi connectivity index (χ0v) is 13.4. The molecule has 1 aromatic heterocycles. The number of anilines is 1. The van der Waals surface area contributed by atoms with Gasteiger partial charge < -0.3 is 10.1 Å². The first-order chi connectivity index (χ1) is 12.1. The van der Waals surface area contributed by atoms with Gasteiger partial charge in [0, 0.05) is 5.56 Å². The van der Waals surface area contributed by atoms with Crippen molar-refractivity contribution < 1.29 is 14.3 Å². The Labute approximate surface area is 143 Å². The Morgan fingerprint density at radius 2 is 1.88 bits per heavy atom. The van der Waals surface area contributed by atoms with Gasteiger partial charge in [-0.05, 0) is 53.7 Å². The van der Waals surface area contributed by atoms with Crippen LogP contribution >= 0.6 is 0 Å². The van der Waals surface area contributed by atoms with Gasteiger partial charge in [0.1, 0.15) is 12.1 Å². The third-order valence-electron chi connectivity index (χ3n) is 3.40. The minimum atomic E-state index is -0.349. The predicted molar refractivity (Wildman–Crippen MR) is 89.7 cm³/mol. The molecule has 0 spiro atoms. The Balaban J connectivity index is 1.58. The monoisotopic (exact) mass is 337 g/mol. The highest BCUT2D eigenvalue weighted by atomic mass is 16.5. The number of nitrogens with one attached hydrogen (secondary N) is 1. The van der Waals surface area contributed by atoms with Crippen LogP contribution in [0.2, 0.25) is 0 Å². The molecule has 0 radical (unpaired) electrons. The highest BCUT2D eigenvalue weighted by Gasteiger charge is 2.10. The highest BCUT2D eigenvalue weighted by molar-refractivity contribution is 6.03. The van der Waals surface area contributed by atoms with Gasteiger partial charge in [-0.2, -0.15) is 0 Å². The maximum absolute atomic E-state index is 12.0. The summed E-state index contributed by atoms with van der Waals surface area (Å²) >= 11 is 0. The number of Topliss-reactive ketones (excluding diaryl/α,β-unsaturated/α-hetero) is 1. The number of benzene rings is 2. The van der Waals surface area contributed by atoms with Gasteiger partial charge in [0.2, 0.25) is 0 Å². The largest absolute Gasteiger partial charge is 0.484 e. The molecule has 3 rings (SSSR count). The zero-order valence-electron chi connectivity index (χ0n) is 13.4. The first kappa shape index (κ1) is 16.3. The quantitative estimate of drug-likeness (QED) is 0.690. The second-order valence-corrected chi connectivity index (χ2v) is 5.19. The molecule has 1 amide bonds. The van der Waals surface area contributed by atoms with E-state index in [1.807, 2.05) is 0 Å². The third kappa shape index (κ3) is 4.05. The normalized spacial score (nSPS) is 10.3. The molecular formula is C17H15N5O3. The van der Waals surface area contributed by atoms with Crippen LogP contribution in [0.3, 0.4) is 0 Å². The van der Waals surface area contributed by atoms with Gasteiger partial charge in [-0.1, -0.05) is 12.1 Å². The molecule has 0 aliphatic carbocycles. The van der Waals surface area contributed by atoms with Crippen LogP contribution in [0, 0.1) is 0 Å². The number of para-hydroxylation sites is 1. The summed E-state index contributed by atoms with van der Waals surface area (Å²) in [4.78, 5) is 23.6. The van der Waals surface area contributed by atoms with E-state index in [0.717, 1.165) is 5.69 Å². The summed E-state index contributed by atoms with van der Waals surface area (Å²) in [5, 5.41) is 13.6. The number of nitrogens with zero attached hydrogens (tertiary/aromatic N) is 4. The van der Waals surface area contributed by atoms with E-state index in [9.17, 15) is 9.59 Å². The fourth-order valence-corrected chi connectivity index (χ4v) is 2.21. The first-order valence-corrected chi connectivity index (χ1v) is 7.49. The van der Waals surface area contributed by atoms with Crippen molar-refractivity contribution in [3.8, 4) is 11.4 Å². The summed E-state index contributed by atoms with van der Waals surface area (Å²) in [6, 6.07) is 13.8. The van der Waals surface area contributed by atoms with Crippen LogP contribution in [0.25, 0.3) is 5.69 Å². The number of ketones is 1. The number of carbonyl (C=O) groups is 2. The van der Waals surface area contributed by atoms with Crippen LogP contribution in [-0.2, 0) is 4.79 Å². The number of rotatable bonds is 6. The van der Waals surface area contributed by atoms with Crippen molar-refractivity contribution in [2.45, 2.75) is 6.92 Å². The molecule has 8 heteroatoms. The second-order valence-electron chi connectivity index (χ2n) is 5.19. The number of amides is 1. The van der Waals surface area contributed by atoms with Crippen LogP contribution in [0.1, 0.15) is 17.3 Å². The number of tetrazole rings is 1. The SMILES string of the molecule is CC(=O)c1ccccc1NC(=O)COc1ccc(-n2cnnn2)cc1.